The van der Waals surface area contributed by atoms with Crippen LogP contribution >= 0.6 is 0 Å². The van der Waals surface area contributed by atoms with E-state index in [1.807, 2.05) is 13.1 Å². The molecule has 3 aromatic rings. The molecule has 4 heteroatoms. The Bertz CT molecular complexity index is 771. The van der Waals surface area contributed by atoms with Crippen molar-refractivity contribution < 1.29 is 38.0 Å². The lowest BCUT2D eigenvalue weighted by Gasteiger charge is -2.11. The van der Waals surface area contributed by atoms with Gasteiger partial charge in [0.25, 0.3) is 0 Å². The van der Waals surface area contributed by atoms with Crippen LogP contribution in [0.15, 0.2) is 42.6 Å². The van der Waals surface area contributed by atoms with E-state index in [1.165, 1.54) is 16.3 Å². The average molecular weight is 381 g/mol. The smallest absolute Gasteiger partial charge is 0.212 e. The van der Waals surface area contributed by atoms with Crippen LogP contribution in [0, 0.1) is 0 Å². The van der Waals surface area contributed by atoms with Crippen molar-refractivity contribution in [2.45, 2.75) is 0 Å². The van der Waals surface area contributed by atoms with Gasteiger partial charge in [-0.3, -0.25) is 0 Å². The van der Waals surface area contributed by atoms with E-state index in [1.54, 1.807) is 14.2 Å². The summed E-state index contributed by atoms with van der Waals surface area (Å²) in [6.07, 6.45) is 2.08. The second-order valence-electron chi connectivity index (χ2n) is 4.52. The van der Waals surface area contributed by atoms with Gasteiger partial charge in [0.05, 0.1) is 25.0 Å². The minimum absolute atomic E-state index is 0. The Labute approximate surface area is 135 Å². The normalized spacial score (nSPS) is 10.3. The van der Waals surface area contributed by atoms with E-state index in [0.29, 0.717) is 0 Å². The fourth-order valence-electron chi connectivity index (χ4n) is 2.59. The molecule has 2 aromatic carbocycles. The fourth-order valence-corrected chi connectivity index (χ4v) is 2.59. The molecule has 20 heavy (non-hydrogen) atoms. The van der Waals surface area contributed by atoms with Crippen LogP contribution < -0.4 is 38.0 Å². The van der Waals surface area contributed by atoms with Crippen molar-refractivity contribution in [3.8, 4) is 11.5 Å². The highest BCUT2D eigenvalue weighted by molar-refractivity contribution is 6.06. The Balaban J connectivity index is 0.00000147. The third-order valence-corrected chi connectivity index (χ3v) is 3.48. The Morgan fingerprint density at radius 2 is 1.60 bits per heavy atom. The summed E-state index contributed by atoms with van der Waals surface area (Å²) in [6.45, 7) is 0. The second kappa shape index (κ2) is 5.83. The van der Waals surface area contributed by atoms with Gasteiger partial charge in [-0.2, -0.15) is 0 Å². The van der Waals surface area contributed by atoms with Gasteiger partial charge in [0.2, 0.25) is 5.52 Å². The van der Waals surface area contributed by atoms with Gasteiger partial charge in [0, 0.05) is 11.5 Å². The molecular weight excluding hydrogens is 365 g/mol. The fraction of sp³-hybridized carbons (Fsp3) is 0.188. The SMILES string of the molecule is COc1ccc2c(c[n+](C)c3ccccc23)c1OC.[I-]. The molecule has 0 saturated carbocycles. The molecule has 0 amide bonds. The first-order valence-electron chi connectivity index (χ1n) is 6.18. The summed E-state index contributed by atoms with van der Waals surface area (Å²) in [5, 5.41) is 3.44. The zero-order chi connectivity index (χ0) is 13.4. The van der Waals surface area contributed by atoms with Crippen molar-refractivity contribution in [1.82, 2.24) is 0 Å². The number of hydrogen-bond acceptors (Lipinski definition) is 2. The number of aromatic nitrogens is 1. The number of rotatable bonds is 2. The lowest BCUT2D eigenvalue weighted by atomic mass is 10.1. The number of para-hydroxylation sites is 1. The Hall–Kier alpha value is -1.56. The van der Waals surface area contributed by atoms with E-state index in [4.69, 9.17) is 9.47 Å². The van der Waals surface area contributed by atoms with Crippen molar-refractivity contribution in [2.24, 2.45) is 7.05 Å². The van der Waals surface area contributed by atoms with E-state index in [9.17, 15) is 0 Å². The van der Waals surface area contributed by atoms with E-state index >= 15 is 0 Å². The summed E-state index contributed by atoms with van der Waals surface area (Å²) in [4.78, 5) is 0. The van der Waals surface area contributed by atoms with Crippen LogP contribution in [0.2, 0.25) is 0 Å². The number of fused-ring (bicyclic) bond motifs is 3. The van der Waals surface area contributed by atoms with Crippen molar-refractivity contribution in [1.29, 1.82) is 0 Å². The summed E-state index contributed by atoms with van der Waals surface area (Å²) in [6, 6.07) is 12.4. The third kappa shape index (κ3) is 2.18. The molecule has 0 unspecified atom stereocenters. The molecule has 3 nitrogen and oxygen atoms in total. The highest BCUT2D eigenvalue weighted by Gasteiger charge is 2.16. The molecule has 0 bridgehead atoms. The highest BCUT2D eigenvalue weighted by atomic mass is 127. The molecule has 1 aromatic heterocycles. The number of pyridine rings is 1. The predicted octanol–water partition coefficient (Wildman–Crippen LogP) is -0.161. The molecule has 1 heterocycles. The van der Waals surface area contributed by atoms with Gasteiger partial charge in [-0.15, -0.1) is 0 Å². The van der Waals surface area contributed by atoms with Crippen LogP contribution in [0.1, 0.15) is 0 Å². The van der Waals surface area contributed by atoms with Gasteiger partial charge in [-0.05, 0) is 18.2 Å². The second-order valence-corrected chi connectivity index (χ2v) is 4.52. The van der Waals surface area contributed by atoms with Gasteiger partial charge >= 0.3 is 0 Å². The first kappa shape index (κ1) is 14.8. The molecule has 3 rings (SSSR count). The molecule has 104 valence electrons. The maximum absolute atomic E-state index is 5.52. The lowest BCUT2D eigenvalue weighted by molar-refractivity contribution is -0.643. The first-order chi connectivity index (χ1) is 9.26. The number of methoxy groups -OCH3 is 2. The average Bonchev–Trinajstić information content (AvgIpc) is 2.46. The topological polar surface area (TPSA) is 22.3 Å². The zero-order valence-corrected chi connectivity index (χ0v) is 13.8. The Kier molecular flexibility index (Phi) is 4.32. The third-order valence-electron chi connectivity index (χ3n) is 3.48. The van der Waals surface area contributed by atoms with Crippen LogP contribution in [0.5, 0.6) is 11.5 Å². The van der Waals surface area contributed by atoms with Crippen LogP contribution in [0.3, 0.4) is 0 Å². The minimum Gasteiger partial charge on any atom is -1.00 e. The van der Waals surface area contributed by atoms with E-state index in [2.05, 4.69) is 41.1 Å². The molecule has 0 N–H and O–H groups in total. The Morgan fingerprint density at radius 3 is 2.30 bits per heavy atom. The predicted molar refractivity (Wildman–Crippen MR) is 75.7 cm³/mol. The first-order valence-corrected chi connectivity index (χ1v) is 6.18. The number of ether oxygens (including phenoxy) is 2. The summed E-state index contributed by atoms with van der Waals surface area (Å²) in [5.74, 6) is 1.53. The standard InChI is InChI=1S/C16H16NO2.HI/c1-17-10-13-11(12-6-4-5-7-14(12)17)8-9-15(18-2)16(13)19-3;/h4-10H,1-3H3;1H/q+1;/p-1. The number of hydrogen-bond donors (Lipinski definition) is 0. The summed E-state index contributed by atoms with van der Waals surface area (Å²) in [5.41, 5.74) is 1.20. The monoisotopic (exact) mass is 381 g/mol. The quantitative estimate of drug-likeness (QED) is 0.350. The van der Waals surface area contributed by atoms with Crippen LogP contribution in [-0.4, -0.2) is 14.2 Å². The molecule has 0 radical (unpaired) electrons. The number of halogens is 1. The molecule has 0 aliphatic heterocycles. The van der Waals surface area contributed by atoms with Gasteiger partial charge in [-0.25, -0.2) is 4.57 Å². The zero-order valence-electron chi connectivity index (χ0n) is 11.7. The number of nitrogens with zero attached hydrogens (tertiary/aromatic N) is 1. The highest BCUT2D eigenvalue weighted by Crippen LogP contribution is 2.36. The largest absolute Gasteiger partial charge is 1.00 e. The van der Waals surface area contributed by atoms with Gasteiger partial charge in [0.1, 0.15) is 7.05 Å². The van der Waals surface area contributed by atoms with Crippen LogP contribution in [0.4, 0.5) is 0 Å². The molecule has 0 saturated heterocycles. The lowest BCUT2D eigenvalue weighted by Crippen LogP contribution is -3.00. The van der Waals surface area contributed by atoms with Crippen molar-refractivity contribution in [2.75, 3.05) is 14.2 Å². The molecule has 0 aliphatic carbocycles. The molecule has 0 spiro atoms. The van der Waals surface area contributed by atoms with E-state index in [-0.39, 0.29) is 24.0 Å². The maximum Gasteiger partial charge on any atom is 0.212 e. The summed E-state index contributed by atoms with van der Waals surface area (Å²) in [7, 11) is 5.37. The van der Waals surface area contributed by atoms with Crippen LogP contribution in [0.25, 0.3) is 21.7 Å². The molecular formula is C16H16INO2. The molecule has 0 fully saturated rings. The minimum atomic E-state index is 0. The van der Waals surface area contributed by atoms with Crippen LogP contribution in [-0.2, 0) is 7.05 Å². The van der Waals surface area contributed by atoms with Gasteiger partial charge in [-0.1, -0.05) is 12.1 Å². The van der Waals surface area contributed by atoms with Crippen molar-refractivity contribution in [3.63, 3.8) is 0 Å². The van der Waals surface area contributed by atoms with Crippen molar-refractivity contribution in [3.05, 3.63) is 42.6 Å². The van der Waals surface area contributed by atoms with Crippen molar-refractivity contribution >= 4 is 21.7 Å². The van der Waals surface area contributed by atoms with E-state index in [0.717, 1.165) is 16.9 Å². The number of benzene rings is 2. The van der Waals surface area contributed by atoms with Gasteiger partial charge < -0.3 is 33.5 Å². The summed E-state index contributed by atoms with van der Waals surface area (Å²) < 4.78 is 13.0. The molecule has 0 atom stereocenters. The maximum atomic E-state index is 5.52. The molecule has 0 aliphatic rings. The summed E-state index contributed by atoms with van der Waals surface area (Å²) >= 11 is 0. The van der Waals surface area contributed by atoms with Gasteiger partial charge in [0.15, 0.2) is 17.7 Å². The number of aryl methyl sites for hydroxylation is 1. The van der Waals surface area contributed by atoms with E-state index < -0.39 is 0 Å². The Morgan fingerprint density at radius 1 is 0.850 bits per heavy atom.